The molecule has 0 aliphatic heterocycles. The van der Waals surface area contributed by atoms with Crippen LogP contribution >= 0.6 is 0 Å². The average molecular weight is 318 g/mol. The second kappa shape index (κ2) is 5.43. The van der Waals surface area contributed by atoms with Crippen molar-refractivity contribution in [3.63, 3.8) is 0 Å². The van der Waals surface area contributed by atoms with Gasteiger partial charge in [0.1, 0.15) is 0 Å². The summed E-state index contributed by atoms with van der Waals surface area (Å²) in [5.74, 6) is 0.897. The molecule has 3 rings (SSSR count). The molecule has 0 spiro atoms. The van der Waals surface area contributed by atoms with Crippen molar-refractivity contribution in [2.75, 3.05) is 12.4 Å². The van der Waals surface area contributed by atoms with Gasteiger partial charge in [-0.25, -0.2) is 0 Å². The maximum atomic E-state index is 5.35. The summed E-state index contributed by atoms with van der Waals surface area (Å²) in [4.78, 5) is 0. The normalized spacial score (nSPS) is 10.6. The van der Waals surface area contributed by atoms with Crippen molar-refractivity contribution in [1.82, 2.24) is 7.96 Å². The van der Waals surface area contributed by atoms with Crippen LogP contribution in [-0.4, -0.2) is 30.0 Å². The van der Waals surface area contributed by atoms with Crippen molar-refractivity contribution >= 4 is 31.7 Å². The molecule has 2 aromatic carbocycles. The van der Waals surface area contributed by atoms with Gasteiger partial charge in [0.2, 0.25) is 0 Å². The van der Waals surface area contributed by atoms with Gasteiger partial charge in [-0.05, 0) is 0 Å². The molecule has 19 heavy (non-hydrogen) atoms. The summed E-state index contributed by atoms with van der Waals surface area (Å²) in [7, 11) is 1.69. The van der Waals surface area contributed by atoms with E-state index in [-0.39, 0.29) is 15.0 Å². The van der Waals surface area contributed by atoms with Crippen LogP contribution in [0.15, 0.2) is 42.5 Å². The number of nitrogens with one attached hydrogen (secondary N) is 1. The molecule has 0 bridgehead atoms. The minimum absolute atomic E-state index is 0.00452. The van der Waals surface area contributed by atoms with Crippen molar-refractivity contribution in [3.8, 4) is 5.75 Å². The van der Waals surface area contributed by atoms with Crippen molar-refractivity contribution in [3.05, 3.63) is 48.0 Å². The second-order valence-electron chi connectivity index (χ2n) is 4.10. The van der Waals surface area contributed by atoms with Crippen LogP contribution in [0.5, 0.6) is 5.75 Å². The molecule has 0 saturated carbocycles. The molecule has 5 heteroatoms. The Morgan fingerprint density at radius 2 is 2.00 bits per heavy atom. The van der Waals surface area contributed by atoms with E-state index in [4.69, 9.17) is 4.74 Å². The van der Waals surface area contributed by atoms with Gasteiger partial charge >= 0.3 is 117 Å². The molecule has 0 aliphatic carbocycles. The van der Waals surface area contributed by atoms with Gasteiger partial charge in [-0.1, -0.05) is 0 Å². The summed E-state index contributed by atoms with van der Waals surface area (Å²) in [6.45, 7) is 0.711. The fraction of sp³-hybridized carbons (Fsp3) is 0.143. The third-order valence-electron chi connectivity index (χ3n) is 2.95. The van der Waals surface area contributed by atoms with E-state index < -0.39 is 0 Å². The van der Waals surface area contributed by atoms with Crippen LogP contribution in [0.4, 0.5) is 5.69 Å². The Morgan fingerprint density at radius 3 is 2.89 bits per heavy atom. The predicted molar refractivity (Wildman–Crippen MR) is 76.8 cm³/mol. The van der Waals surface area contributed by atoms with Gasteiger partial charge in [-0.3, -0.25) is 0 Å². The van der Waals surface area contributed by atoms with E-state index >= 15 is 0 Å². The Bertz CT molecular complexity index is 696. The molecular weight excluding hydrogens is 305 g/mol. The van der Waals surface area contributed by atoms with Gasteiger partial charge in [0.05, 0.1) is 0 Å². The van der Waals surface area contributed by atoms with Crippen LogP contribution in [0.2, 0.25) is 0 Å². The standard InChI is InChI=1S/C14H13N3OSe/c1-18-13-8-3-2-5-10(13)9-15-11-6-4-7-12-14(11)17-19-16-12/h2-8,15H,9H2,1H3. The zero-order valence-electron chi connectivity index (χ0n) is 10.5. The third-order valence-corrected chi connectivity index (χ3v) is 4.09. The number of anilines is 1. The van der Waals surface area contributed by atoms with Crippen molar-refractivity contribution in [2.45, 2.75) is 6.54 Å². The Hall–Kier alpha value is -1.84. The van der Waals surface area contributed by atoms with Crippen LogP contribution < -0.4 is 10.1 Å². The molecule has 1 aromatic heterocycles. The Kier molecular flexibility index (Phi) is 3.49. The molecule has 0 atom stereocenters. The first kappa shape index (κ1) is 12.2. The summed E-state index contributed by atoms with van der Waals surface area (Å²) in [6, 6.07) is 14.0. The van der Waals surface area contributed by atoms with E-state index in [1.54, 1.807) is 7.11 Å². The number of benzene rings is 2. The monoisotopic (exact) mass is 319 g/mol. The number of methoxy groups -OCH3 is 1. The third kappa shape index (κ3) is 2.48. The number of hydrogen-bond acceptors (Lipinski definition) is 4. The first-order chi connectivity index (χ1) is 9.38. The number of fused-ring (bicyclic) bond motifs is 1. The summed E-state index contributed by atoms with van der Waals surface area (Å²) in [5, 5.41) is 3.41. The van der Waals surface area contributed by atoms with Gasteiger partial charge < -0.3 is 0 Å². The molecule has 0 amide bonds. The van der Waals surface area contributed by atoms with Crippen molar-refractivity contribution in [1.29, 1.82) is 0 Å². The van der Waals surface area contributed by atoms with Crippen molar-refractivity contribution < 1.29 is 4.74 Å². The molecule has 4 nitrogen and oxygen atoms in total. The van der Waals surface area contributed by atoms with Gasteiger partial charge in [0.15, 0.2) is 0 Å². The zero-order valence-corrected chi connectivity index (χ0v) is 12.2. The van der Waals surface area contributed by atoms with Gasteiger partial charge in [-0.15, -0.1) is 0 Å². The number of hydrogen-bond donors (Lipinski definition) is 1. The van der Waals surface area contributed by atoms with E-state index in [0.29, 0.717) is 6.54 Å². The molecule has 1 N–H and O–H groups in total. The molecule has 0 unspecified atom stereocenters. The number of ether oxygens (including phenoxy) is 1. The quantitative estimate of drug-likeness (QED) is 0.750. The molecule has 0 aliphatic rings. The van der Waals surface area contributed by atoms with Gasteiger partial charge in [0.25, 0.3) is 0 Å². The van der Waals surface area contributed by atoms with Crippen LogP contribution in [0.1, 0.15) is 5.56 Å². The number of rotatable bonds is 4. The second-order valence-corrected chi connectivity index (χ2v) is 5.21. The molecule has 0 fully saturated rings. The number of para-hydroxylation sites is 1. The van der Waals surface area contributed by atoms with Gasteiger partial charge in [-0.2, -0.15) is 0 Å². The number of nitrogens with zero attached hydrogens (tertiary/aromatic N) is 2. The first-order valence-electron chi connectivity index (χ1n) is 5.95. The molecule has 0 saturated heterocycles. The Morgan fingerprint density at radius 1 is 1.11 bits per heavy atom. The van der Waals surface area contributed by atoms with Crippen LogP contribution in [-0.2, 0) is 6.54 Å². The van der Waals surface area contributed by atoms with E-state index in [0.717, 1.165) is 28.0 Å². The maximum absolute atomic E-state index is 5.35. The number of aromatic nitrogens is 2. The average Bonchev–Trinajstić information content (AvgIpc) is 2.94. The molecular formula is C14H13N3OSe. The van der Waals surface area contributed by atoms with Crippen LogP contribution in [0.3, 0.4) is 0 Å². The van der Waals surface area contributed by atoms with Crippen LogP contribution in [0.25, 0.3) is 11.0 Å². The van der Waals surface area contributed by atoms with Crippen molar-refractivity contribution in [2.24, 2.45) is 0 Å². The topological polar surface area (TPSA) is 47.0 Å². The van der Waals surface area contributed by atoms with E-state index in [1.807, 2.05) is 36.4 Å². The minimum atomic E-state index is 0.00452. The Labute approximate surface area is 117 Å². The predicted octanol–water partition coefficient (Wildman–Crippen LogP) is 2.31. The Balaban J connectivity index is 1.84. The van der Waals surface area contributed by atoms with E-state index in [1.165, 1.54) is 0 Å². The molecule has 3 aromatic rings. The molecule has 96 valence electrons. The van der Waals surface area contributed by atoms with E-state index in [2.05, 4.69) is 19.3 Å². The molecule has 0 radical (unpaired) electrons. The zero-order chi connectivity index (χ0) is 13.1. The summed E-state index contributed by atoms with van der Waals surface area (Å²) >= 11 is 0.00452. The van der Waals surface area contributed by atoms with E-state index in [9.17, 15) is 0 Å². The first-order valence-corrected chi connectivity index (χ1v) is 7.49. The SMILES string of the molecule is COc1ccccc1CNc1cccc2n[se]nc12. The summed E-state index contributed by atoms with van der Waals surface area (Å²) in [5.41, 5.74) is 4.14. The van der Waals surface area contributed by atoms with Crippen LogP contribution in [0, 0.1) is 0 Å². The van der Waals surface area contributed by atoms with Gasteiger partial charge in [0, 0.05) is 0 Å². The summed E-state index contributed by atoms with van der Waals surface area (Å²) in [6.07, 6.45) is 0. The fourth-order valence-electron chi connectivity index (χ4n) is 1.99. The molecule has 1 heterocycles. The summed E-state index contributed by atoms with van der Waals surface area (Å²) < 4.78 is 14.2. The fourth-order valence-corrected chi connectivity index (χ4v) is 3.14.